The van der Waals surface area contributed by atoms with E-state index in [0.29, 0.717) is 0 Å². The average Bonchev–Trinajstić information content (AvgIpc) is 2.31. The minimum absolute atomic E-state index is 0.872. The molecule has 0 bridgehead atoms. The van der Waals surface area contributed by atoms with E-state index < -0.39 is 10.4 Å². The van der Waals surface area contributed by atoms with Crippen LogP contribution in [0.15, 0.2) is 54.6 Å². The third kappa shape index (κ3) is 7.20. The van der Waals surface area contributed by atoms with Gasteiger partial charge in [-0.2, -0.15) is 8.42 Å². The maximum absolute atomic E-state index is 8.74. The molecule has 2 aromatic carbocycles. The topological polar surface area (TPSA) is 101 Å². The van der Waals surface area contributed by atoms with Crippen LogP contribution in [0, 0.1) is 0 Å². The van der Waals surface area contributed by atoms with Crippen molar-refractivity contribution < 1.29 is 17.5 Å². The van der Waals surface area contributed by atoms with Crippen molar-refractivity contribution in [1.82, 2.24) is 0 Å². The van der Waals surface area contributed by atoms with Gasteiger partial charge in [-0.3, -0.25) is 9.11 Å². The second-order valence-corrected chi connectivity index (χ2v) is 4.70. The van der Waals surface area contributed by atoms with Gasteiger partial charge in [0.1, 0.15) is 0 Å². The molecule has 0 atom stereocenters. The van der Waals surface area contributed by atoms with E-state index in [1.54, 1.807) is 0 Å². The van der Waals surface area contributed by atoms with Crippen molar-refractivity contribution in [2.75, 3.05) is 5.73 Å². The largest absolute Gasteiger partial charge is 0.398 e. The molecule has 0 saturated carbocycles. The summed E-state index contributed by atoms with van der Waals surface area (Å²) in [6.07, 6.45) is 0.910. The fourth-order valence-electron chi connectivity index (χ4n) is 1.51. The van der Waals surface area contributed by atoms with E-state index >= 15 is 0 Å². The first kappa shape index (κ1) is 15.2. The number of nitrogen functional groups attached to an aromatic ring is 1. The van der Waals surface area contributed by atoms with Crippen molar-refractivity contribution in [2.24, 2.45) is 0 Å². The van der Waals surface area contributed by atoms with Crippen LogP contribution < -0.4 is 5.73 Å². The SMILES string of the molecule is Nc1ccccc1Cc1ccccc1.O=S(=O)(O)O. The van der Waals surface area contributed by atoms with Crippen LogP contribution in [0.1, 0.15) is 11.1 Å². The summed E-state index contributed by atoms with van der Waals surface area (Å²) in [4.78, 5) is 0. The number of para-hydroxylation sites is 1. The van der Waals surface area contributed by atoms with E-state index in [-0.39, 0.29) is 0 Å². The Morgan fingerprint density at radius 1 is 0.895 bits per heavy atom. The second kappa shape index (κ2) is 6.89. The molecular formula is C13H15NO4S. The Balaban J connectivity index is 0.000000312. The predicted octanol–water partition coefficient (Wildman–Crippen LogP) is 2.21. The van der Waals surface area contributed by atoms with Crippen LogP contribution in [-0.4, -0.2) is 17.5 Å². The first-order chi connectivity index (χ1) is 8.86. The summed E-state index contributed by atoms with van der Waals surface area (Å²) < 4.78 is 31.6. The van der Waals surface area contributed by atoms with Crippen molar-refractivity contribution in [1.29, 1.82) is 0 Å². The van der Waals surface area contributed by atoms with Gasteiger partial charge in [0.2, 0.25) is 0 Å². The molecule has 2 aromatic rings. The molecule has 0 aliphatic rings. The Kier molecular flexibility index (Phi) is 5.50. The van der Waals surface area contributed by atoms with E-state index in [2.05, 4.69) is 30.3 Å². The Bertz CT molecular complexity index is 604. The Morgan fingerprint density at radius 3 is 1.89 bits per heavy atom. The third-order valence-electron chi connectivity index (χ3n) is 2.29. The summed E-state index contributed by atoms with van der Waals surface area (Å²) in [7, 11) is -4.67. The molecule has 2 rings (SSSR count). The smallest absolute Gasteiger partial charge is 0.394 e. The van der Waals surface area contributed by atoms with Crippen LogP contribution >= 0.6 is 0 Å². The minimum atomic E-state index is -4.67. The van der Waals surface area contributed by atoms with E-state index in [9.17, 15) is 0 Å². The highest BCUT2D eigenvalue weighted by molar-refractivity contribution is 7.79. The molecule has 0 saturated heterocycles. The number of hydrogen-bond donors (Lipinski definition) is 3. The zero-order chi connectivity index (χ0) is 14.3. The summed E-state index contributed by atoms with van der Waals surface area (Å²) in [5.74, 6) is 0. The molecule has 0 aliphatic heterocycles. The van der Waals surface area contributed by atoms with Gasteiger partial charge in [-0.25, -0.2) is 0 Å². The lowest BCUT2D eigenvalue weighted by atomic mass is 10.0. The normalized spacial score (nSPS) is 10.4. The van der Waals surface area contributed by atoms with Crippen molar-refractivity contribution in [3.63, 3.8) is 0 Å². The first-order valence-corrected chi connectivity index (χ1v) is 6.83. The predicted molar refractivity (Wildman–Crippen MR) is 74.3 cm³/mol. The van der Waals surface area contributed by atoms with Gasteiger partial charge >= 0.3 is 10.4 Å². The molecule has 0 amide bonds. The fraction of sp³-hybridized carbons (Fsp3) is 0.0769. The third-order valence-corrected chi connectivity index (χ3v) is 2.29. The highest BCUT2D eigenvalue weighted by Crippen LogP contribution is 2.15. The maximum Gasteiger partial charge on any atom is 0.394 e. The summed E-state index contributed by atoms with van der Waals surface area (Å²) in [5.41, 5.74) is 9.23. The molecule has 0 radical (unpaired) electrons. The van der Waals surface area contributed by atoms with Gasteiger partial charge in [0.25, 0.3) is 0 Å². The summed E-state index contributed by atoms with van der Waals surface area (Å²) in [6, 6.07) is 18.4. The second-order valence-electron chi connectivity index (χ2n) is 3.81. The van der Waals surface area contributed by atoms with E-state index in [0.717, 1.165) is 12.1 Å². The molecule has 0 spiro atoms. The van der Waals surface area contributed by atoms with Gasteiger partial charge in [0.05, 0.1) is 0 Å². The molecule has 0 aromatic heterocycles. The van der Waals surface area contributed by atoms with E-state index in [1.807, 2.05) is 24.3 Å². The zero-order valence-corrected chi connectivity index (χ0v) is 10.9. The molecule has 0 heterocycles. The first-order valence-electron chi connectivity index (χ1n) is 5.43. The highest BCUT2D eigenvalue weighted by Gasteiger charge is 1.98. The molecule has 0 fully saturated rings. The van der Waals surface area contributed by atoms with Crippen LogP contribution in [0.25, 0.3) is 0 Å². The van der Waals surface area contributed by atoms with Crippen molar-refractivity contribution in [2.45, 2.75) is 6.42 Å². The Morgan fingerprint density at radius 2 is 1.37 bits per heavy atom. The Labute approximate surface area is 112 Å². The zero-order valence-electron chi connectivity index (χ0n) is 10.1. The van der Waals surface area contributed by atoms with Gasteiger partial charge in [-0.1, -0.05) is 48.5 Å². The lowest BCUT2D eigenvalue weighted by Crippen LogP contribution is -1.94. The standard InChI is InChI=1S/C13H13N.H2O4S/c14-13-9-5-4-8-12(13)10-11-6-2-1-3-7-11;1-5(2,3)4/h1-9H,10,14H2;(H2,1,2,3,4). The van der Waals surface area contributed by atoms with E-state index in [4.69, 9.17) is 23.3 Å². The molecule has 6 heteroatoms. The van der Waals surface area contributed by atoms with Crippen LogP contribution in [-0.2, 0) is 16.8 Å². The van der Waals surface area contributed by atoms with Crippen molar-refractivity contribution in [3.8, 4) is 0 Å². The number of anilines is 1. The van der Waals surface area contributed by atoms with Crippen LogP contribution in [0.2, 0.25) is 0 Å². The van der Waals surface area contributed by atoms with Crippen LogP contribution in [0.3, 0.4) is 0 Å². The highest BCUT2D eigenvalue weighted by atomic mass is 32.3. The van der Waals surface area contributed by atoms with Gasteiger partial charge in [-0.05, 0) is 23.6 Å². The van der Waals surface area contributed by atoms with Gasteiger partial charge in [0.15, 0.2) is 0 Å². The molecule has 102 valence electrons. The van der Waals surface area contributed by atoms with Gasteiger partial charge < -0.3 is 5.73 Å². The summed E-state index contributed by atoms with van der Waals surface area (Å²) in [6.45, 7) is 0. The minimum Gasteiger partial charge on any atom is -0.398 e. The fourth-order valence-corrected chi connectivity index (χ4v) is 1.51. The number of benzene rings is 2. The van der Waals surface area contributed by atoms with Crippen molar-refractivity contribution >= 4 is 16.1 Å². The van der Waals surface area contributed by atoms with E-state index in [1.165, 1.54) is 11.1 Å². The Hall–Kier alpha value is -1.89. The summed E-state index contributed by atoms with van der Waals surface area (Å²) >= 11 is 0. The maximum atomic E-state index is 8.74. The molecular weight excluding hydrogens is 266 g/mol. The van der Waals surface area contributed by atoms with Gasteiger partial charge in [-0.15, -0.1) is 0 Å². The van der Waals surface area contributed by atoms with Gasteiger partial charge in [0, 0.05) is 5.69 Å². The van der Waals surface area contributed by atoms with Crippen LogP contribution in [0.4, 0.5) is 5.69 Å². The number of nitrogens with two attached hydrogens (primary N) is 1. The van der Waals surface area contributed by atoms with Crippen molar-refractivity contribution in [3.05, 3.63) is 65.7 Å². The lowest BCUT2D eigenvalue weighted by molar-refractivity contribution is 0.381. The molecule has 0 unspecified atom stereocenters. The molecule has 4 N–H and O–H groups in total. The molecule has 19 heavy (non-hydrogen) atoms. The molecule has 5 nitrogen and oxygen atoms in total. The number of hydrogen-bond acceptors (Lipinski definition) is 3. The quantitative estimate of drug-likeness (QED) is 0.578. The number of rotatable bonds is 2. The lowest BCUT2D eigenvalue weighted by Gasteiger charge is -2.04. The summed E-state index contributed by atoms with van der Waals surface area (Å²) in [5, 5.41) is 0. The average molecular weight is 281 g/mol. The monoisotopic (exact) mass is 281 g/mol. The van der Waals surface area contributed by atoms with Crippen LogP contribution in [0.5, 0.6) is 0 Å². The molecule has 0 aliphatic carbocycles.